The number of nitrogens with zero attached hydrogens (tertiary/aromatic N) is 3. The lowest BCUT2D eigenvalue weighted by Gasteiger charge is -2.07. The molecule has 7 nitrogen and oxygen atoms in total. The topological polar surface area (TPSA) is 86.1 Å². The maximum Gasteiger partial charge on any atom is 0.341 e. The van der Waals surface area contributed by atoms with Crippen molar-refractivity contribution in [1.29, 1.82) is 0 Å². The molecule has 0 aliphatic heterocycles. The Kier molecular flexibility index (Phi) is 5.81. The summed E-state index contributed by atoms with van der Waals surface area (Å²) in [5.74, 6) is -0.759. The number of rotatable bonds is 6. The highest BCUT2D eigenvalue weighted by Gasteiger charge is 2.20. The van der Waals surface area contributed by atoms with E-state index in [2.05, 4.69) is 15.6 Å². The van der Waals surface area contributed by atoms with Gasteiger partial charge in [-0.25, -0.2) is 9.48 Å². The first-order valence-electron chi connectivity index (χ1n) is 9.93. The first-order chi connectivity index (χ1) is 15.0. The number of anilines is 1. The predicted octanol–water partition coefficient (Wildman–Crippen LogP) is 4.59. The third kappa shape index (κ3) is 4.34. The van der Waals surface area contributed by atoms with Gasteiger partial charge in [0.15, 0.2) is 0 Å². The fourth-order valence-electron chi connectivity index (χ4n) is 3.23. The van der Waals surface area contributed by atoms with E-state index in [0.717, 1.165) is 32.6 Å². The number of aryl methyl sites for hydroxylation is 2. The molecule has 0 saturated heterocycles. The average Bonchev–Trinajstić information content (AvgIpc) is 3.34. The molecule has 8 heteroatoms. The monoisotopic (exact) mass is 434 g/mol. The van der Waals surface area contributed by atoms with Crippen molar-refractivity contribution in [2.45, 2.75) is 27.3 Å². The van der Waals surface area contributed by atoms with Crippen molar-refractivity contribution >= 4 is 39.2 Å². The smallest absolute Gasteiger partial charge is 0.341 e. The van der Waals surface area contributed by atoms with E-state index < -0.39 is 5.97 Å². The third-order valence-corrected chi connectivity index (χ3v) is 6.06. The van der Waals surface area contributed by atoms with Crippen molar-refractivity contribution in [3.8, 4) is 10.4 Å². The lowest BCUT2D eigenvalue weighted by Crippen LogP contribution is -2.20. The summed E-state index contributed by atoms with van der Waals surface area (Å²) in [6.07, 6.45) is 0. The van der Waals surface area contributed by atoms with Gasteiger partial charge in [0.05, 0.1) is 17.7 Å². The van der Waals surface area contributed by atoms with Crippen molar-refractivity contribution in [3.63, 3.8) is 0 Å². The number of carbonyl (C=O) groups excluding carboxylic acids is 2. The SMILES string of the molecule is CCOC(=O)c1cc(-c2ccccc2)sc1NC(=O)Cn1nnc2cc(C)c(C)cc21. The number of nitrogens with one attached hydrogen (secondary N) is 1. The van der Waals surface area contributed by atoms with Crippen LogP contribution in [0.15, 0.2) is 48.5 Å². The summed E-state index contributed by atoms with van der Waals surface area (Å²) in [5.41, 5.74) is 5.06. The maximum absolute atomic E-state index is 12.8. The standard InChI is InChI=1S/C23H22N4O3S/c1-4-30-23(29)17-12-20(16-8-6-5-7-9-16)31-22(17)24-21(28)13-27-19-11-15(3)14(2)10-18(19)25-26-27/h5-12H,4,13H2,1-3H3,(H,24,28). The number of esters is 1. The van der Waals surface area contributed by atoms with Gasteiger partial charge < -0.3 is 10.1 Å². The quantitative estimate of drug-likeness (QED) is 0.449. The van der Waals surface area contributed by atoms with Gasteiger partial charge in [0.25, 0.3) is 0 Å². The van der Waals surface area contributed by atoms with Crippen LogP contribution >= 0.6 is 11.3 Å². The number of hydrogen-bond donors (Lipinski definition) is 1. The Labute approximate surface area is 183 Å². The van der Waals surface area contributed by atoms with Gasteiger partial charge >= 0.3 is 5.97 Å². The summed E-state index contributed by atoms with van der Waals surface area (Å²) in [4.78, 5) is 26.1. The second-order valence-electron chi connectivity index (χ2n) is 7.16. The fourth-order valence-corrected chi connectivity index (χ4v) is 4.30. The third-order valence-electron chi connectivity index (χ3n) is 4.96. The lowest BCUT2D eigenvalue weighted by atomic mass is 10.1. The Hall–Kier alpha value is -3.52. The fraction of sp³-hybridized carbons (Fsp3) is 0.217. The molecule has 0 aliphatic carbocycles. The zero-order valence-electron chi connectivity index (χ0n) is 17.5. The molecule has 0 saturated carbocycles. The second kappa shape index (κ2) is 8.69. The highest BCUT2D eigenvalue weighted by molar-refractivity contribution is 7.20. The minimum absolute atomic E-state index is 0.0141. The molecule has 4 rings (SSSR count). The van der Waals surface area contributed by atoms with E-state index in [9.17, 15) is 9.59 Å². The van der Waals surface area contributed by atoms with Crippen LogP contribution in [-0.2, 0) is 16.1 Å². The molecule has 1 N–H and O–H groups in total. The van der Waals surface area contributed by atoms with Gasteiger partial charge in [-0.15, -0.1) is 16.4 Å². The number of ether oxygens (including phenoxy) is 1. The Morgan fingerprint density at radius 1 is 1.10 bits per heavy atom. The first kappa shape index (κ1) is 20.7. The minimum atomic E-state index is -0.464. The molecule has 31 heavy (non-hydrogen) atoms. The van der Waals surface area contributed by atoms with Gasteiger partial charge in [-0.05, 0) is 55.7 Å². The van der Waals surface area contributed by atoms with E-state index >= 15 is 0 Å². The molecule has 1 amide bonds. The zero-order chi connectivity index (χ0) is 22.0. The number of fused-ring (bicyclic) bond motifs is 1. The summed E-state index contributed by atoms with van der Waals surface area (Å²) < 4.78 is 6.74. The van der Waals surface area contributed by atoms with Gasteiger partial charge in [0.1, 0.15) is 17.1 Å². The van der Waals surface area contributed by atoms with E-state index in [0.29, 0.717) is 10.6 Å². The summed E-state index contributed by atoms with van der Waals surface area (Å²) in [6, 6.07) is 15.4. The van der Waals surface area contributed by atoms with Crippen LogP contribution in [0.2, 0.25) is 0 Å². The molecular weight excluding hydrogens is 412 g/mol. The van der Waals surface area contributed by atoms with Gasteiger partial charge in [-0.1, -0.05) is 35.5 Å². The van der Waals surface area contributed by atoms with Crippen LogP contribution in [0.25, 0.3) is 21.5 Å². The predicted molar refractivity (Wildman–Crippen MR) is 121 cm³/mol. The van der Waals surface area contributed by atoms with Crippen molar-refractivity contribution in [2.75, 3.05) is 11.9 Å². The zero-order valence-corrected chi connectivity index (χ0v) is 18.3. The highest BCUT2D eigenvalue weighted by atomic mass is 32.1. The number of amides is 1. The molecule has 2 heterocycles. The van der Waals surface area contributed by atoms with Crippen LogP contribution in [0.3, 0.4) is 0 Å². The lowest BCUT2D eigenvalue weighted by molar-refractivity contribution is -0.116. The first-order valence-corrected chi connectivity index (χ1v) is 10.7. The van der Waals surface area contributed by atoms with Crippen molar-refractivity contribution in [2.24, 2.45) is 0 Å². The summed E-state index contributed by atoms with van der Waals surface area (Å²) in [7, 11) is 0. The number of carbonyl (C=O) groups is 2. The van der Waals surface area contributed by atoms with Crippen LogP contribution in [0.5, 0.6) is 0 Å². The van der Waals surface area contributed by atoms with Crippen LogP contribution in [0.4, 0.5) is 5.00 Å². The maximum atomic E-state index is 12.8. The molecule has 2 aromatic carbocycles. The number of aromatic nitrogens is 3. The van der Waals surface area contributed by atoms with E-state index in [1.807, 2.05) is 56.3 Å². The average molecular weight is 435 g/mol. The van der Waals surface area contributed by atoms with Gasteiger partial charge in [0.2, 0.25) is 5.91 Å². The Balaban J connectivity index is 1.61. The Bertz CT molecular complexity index is 1260. The Morgan fingerprint density at radius 2 is 1.84 bits per heavy atom. The number of benzene rings is 2. The van der Waals surface area contributed by atoms with Crippen LogP contribution in [0, 0.1) is 13.8 Å². The molecule has 0 atom stereocenters. The number of thiophene rings is 1. The van der Waals surface area contributed by atoms with Crippen molar-refractivity contribution in [1.82, 2.24) is 15.0 Å². The molecule has 0 spiro atoms. The van der Waals surface area contributed by atoms with Crippen LogP contribution < -0.4 is 5.32 Å². The van der Waals surface area contributed by atoms with Crippen molar-refractivity contribution < 1.29 is 14.3 Å². The van der Waals surface area contributed by atoms with E-state index in [1.165, 1.54) is 11.3 Å². The van der Waals surface area contributed by atoms with E-state index in [4.69, 9.17) is 4.74 Å². The van der Waals surface area contributed by atoms with Gasteiger partial charge in [0, 0.05) is 4.88 Å². The van der Waals surface area contributed by atoms with Crippen molar-refractivity contribution in [3.05, 3.63) is 65.2 Å². The van der Waals surface area contributed by atoms with Crippen LogP contribution in [-0.4, -0.2) is 33.5 Å². The summed E-state index contributed by atoms with van der Waals surface area (Å²) >= 11 is 1.34. The van der Waals surface area contributed by atoms with Gasteiger partial charge in [-0.3, -0.25) is 4.79 Å². The normalized spacial score (nSPS) is 10.9. The minimum Gasteiger partial charge on any atom is -0.462 e. The molecule has 4 aromatic rings. The largest absolute Gasteiger partial charge is 0.462 e. The van der Waals surface area contributed by atoms with E-state index in [-0.39, 0.29) is 19.1 Å². The molecular formula is C23H22N4O3S. The van der Waals surface area contributed by atoms with Gasteiger partial charge in [-0.2, -0.15) is 0 Å². The van der Waals surface area contributed by atoms with E-state index in [1.54, 1.807) is 17.7 Å². The molecule has 2 aromatic heterocycles. The van der Waals surface area contributed by atoms with Crippen LogP contribution in [0.1, 0.15) is 28.4 Å². The second-order valence-corrected chi connectivity index (χ2v) is 8.21. The highest BCUT2D eigenvalue weighted by Crippen LogP contribution is 2.36. The molecule has 0 unspecified atom stereocenters. The molecule has 0 fully saturated rings. The molecule has 0 aliphatic rings. The molecule has 0 bridgehead atoms. The molecule has 158 valence electrons. The number of hydrogen-bond acceptors (Lipinski definition) is 6. The Morgan fingerprint density at radius 3 is 2.58 bits per heavy atom. The summed E-state index contributed by atoms with van der Waals surface area (Å²) in [5, 5.41) is 11.6. The summed E-state index contributed by atoms with van der Waals surface area (Å²) in [6.45, 7) is 6.01. The molecule has 0 radical (unpaired) electrons.